The lowest BCUT2D eigenvalue weighted by molar-refractivity contribution is -0.143. The van der Waals surface area contributed by atoms with E-state index in [0.717, 1.165) is 11.1 Å². The fraction of sp³-hybridized carbons (Fsp3) is 0.188. The van der Waals surface area contributed by atoms with Gasteiger partial charge >= 0.3 is 5.97 Å². The van der Waals surface area contributed by atoms with E-state index in [9.17, 15) is 15.0 Å². The van der Waals surface area contributed by atoms with Crippen LogP contribution in [0.2, 0.25) is 0 Å². The molecule has 0 saturated heterocycles. The molecule has 0 aliphatic rings. The summed E-state index contributed by atoms with van der Waals surface area (Å²) in [6.07, 6.45) is 0. The highest BCUT2D eigenvalue weighted by Gasteiger charge is 2.29. The van der Waals surface area contributed by atoms with Crippen LogP contribution < -0.4 is 0 Å². The fourth-order valence-corrected chi connectivity index (χ4v) is 2.30. The summed E-state index contributed by atoms with van der Waals surface area (Å²) in [4.78, 5) is 11.4. The minimum Gasteiger partial charge on any atom is -0.481 e. The molecule has 0 unspecified atom stereocenters. The molecule has 0 saturated carbocycles. The first kappa shape index (κ1) is 13.3. The molecule has 2 aromatic rings. The Kier molecular flexibility index (Phi) is 4.31. The molecule has 0 aliphatic carbocycles. The van der Waals surface area contributed by atoms with Gasteiger partial charge in [-0.15, -0.1) is 0 Å². The number of benzene rings is 2. The van der Waals surface area contributed by atoms with Crippen LogP contribution in [-0.4, -0.2) is 22.8 Å². The zero-order valence-electron chi connectivity index (χ0n) is 10.4. The van der Waals surface area contributed by atoms with Gasteiger partial charge in [-0.2, -0.15) is 0 Å². The predicted molar refractivity (Wildman–Crippen MR) is 72.9 cm³/mol. The molecule has 3 heteroatoms. The Morgan fingerprint density at radius 1 is 0.895 bits per heavy atom. The van der Waals surface area contributed by atoms with E-state index in [2.05, 4.69) is 0 Å². The normalized spacial score (nSPS) is 12.3. The molecule has 2 N–H and O–H groups in total. The van der Waals surface area contributed by atoms with Crippen LogP contribution >= 0.6 is 0 Å². The van der Waals surface area contributed by atoms with Gasteiger partial charge in [0.25, 0.3) is 0 Å². The van der Waals surface area contributed by atoms with Gasteiger partial charge in [0.2, 0.25) is 0 Å². The lowest BCUT2D eigenvalue weighted by Crippen LogP contribution is -2.26. The summed E-state index contributed by atoms with van der Waals surface area (Å²) in [6.45, 7) is -0.385. The van der Waals surface area contributed by atoms with Crippen molar-refractivity contribution < 1.29 is 15.0 Å². The van der Waals surface area contributed by atoms with Crippen LogP contribution in [-0.2, 0) is 4.79 Å². The van der Waals surface area contributed by atoms with Gasteiger partial charge in [0, 0.05) is 5.92 Å². The molecule has 0 aliphatic heterocycles. The summed E-state index contributed by atoms with van der Waals surface area (Å²) in [6, 6.07) is 18.9. The number of hydrogen-bond acceptors (Lipinski definition) is 2. The monoisotopic (exact) mass is 256 g/mol. The van der Waals surface area contributed by atoms with Crippen LogP contribution in [0.1, 0.15) is 17.0 Å². The summed E-state index contributed by atoms with van der Waals surface area (Å²) in [7, 11) is 0. The van der Waals surface area contributed by atoms with E-state index >= 15 is 0 Å². The van der Waals surface area contributed by atoms with Crippen LogP contribution in [0.25, 0.3) is 0 Å². The van der Waals surface area contributed by atoms with Crippen molar-refractivity contribution in [3.8, 4) is 0 Å². The predicted octanol–water partition coefficient (Wildman–Crippen LogP) is 2.51. The Balaban J connectivity index is 2.48. The molecule has 0 bridgehead atoms. The highest BCUT2D eigenvalue weighted by Crippen LogP contribution is 2.32. The number of hydrogen-bond donors (Lipinski definition) is 2. The Bertz CT molecular complexity index is 483. The van der Waals surface area contributed by atoms with E-state index in [1.165, 1.54) is 0 Å². The third kappa shape index (κ3) is 3.01. The molecule has 98 valence electrons. The molecule has 0 aromatic heterocycles. The molecule has 0 fully saturated rings. The highest BCUT2D eigenvalue weighted by atomic mass is 16.4. The fourth-order valence-electron chi connectivity index (χ4n) is 2.30. The zero-order chi connectivity index (χ0) is 13.7. The molecule has 0 spiro atoms. The number of carbonyl (C=O) groups is 1. The molecular formula is C16H16O3. The standard InChI is InChI=1S/C16H16O3/c17-11-14(16(18)19)15(12-7-3-1-4-8-12)13-9-5-2-6-10-13/h1-10,14-15,17H,11H2,(H,18,19)/t14-/m0/s1. The second kappa shape index (κ2) is 6.16. The Labute approximate surface area is 112 Å². The lowest BCUT2D eigenvalue weighted by atomic mass is 9.81. The quantitative estimate of drug-likeness (QED) is 0.864. The van der Waals surface area contributed by atoms with Crippen molar-refractivity contribution in [2.24, 2.45) is 5.92 Å². The van der Waals surface area contributed by atoms with E-state index in [1.54, 1.807) is 0 Å². The summed E-state index contributed by atoms with van der Waals surface area (Å²) >= 11 is 0. The average Bonchev–Trinajstić information content (AvgIpc) is 2.46. The number of carboxylic acid groups (broad SMARTS) is 1. The minimum atomic E-state index is -0.986. The van der Waals surface area contributed by atoms with Crippen molar-refractivity contribution in [3.05, 3.63) is 71.8 Å². The van der Waals surface area contributed by atoms with Crippen molar-refractivity contribution in [1.29, 1.82) is 0 Å². The molecule has 0 radical (unpaired) electrons. The van der Waals surface area contributed by atoms with Gasteiger partial charge in [-0.1, -0.05) is 60.7 Å². The van der Waals surface area contributed by atoms with Gasteiger partial charge in [-0.3, -0.25) is 4.79 Å². The van der Waals surface area contributed by atoms with Gasteiger partial charge in [0.15, 0.2) is 0 Å². The molecule has 0 heterocycles. The van der Waals surface area contributed by atoms with Crippen LogP contribution in [0.3, 0.4) is 0 Å². The summed E-state index contributed by atoms with van der Waals surface area (Å²) in [5.74, 6) is -2.17. The summed E-state index contributed by atoms with van der Waals surface area (Å²) < 4.78 is 0. The number of aliphatic hydroxyl groups excluding tert-OH is 1. The van der Waals surface area contributed by atoms with Crippen molar-refractivity contribution in [2.75, 3.05) is 6.61 Å². The topological polar surface area (TPSA) is 57.5 Å². The van der Waals surface area contributed by atoms with Gasteiger partial charge in [0.1, 0.15) is 0 Å². The van der Waals surface area contributed by atoms with Crippen LogP contribution in [0.15, 0.2) is 60.7 Å². The zero-order valence-corrected chi connectivity index (χ0v) is 10.4. The number of rotatable bonds is 5. The average molecular weight is 256 g/mol. The van der Waals surface area contributed by atoms with E-state index < -0.39 is 11.9 Å². The number of aliphatic hydroxyl groups is 1. The Morgan fingerprint density at radius 2 is 1.32 bits per heavy atom. The maximum absolute atomic E-state index is 11.4. The van der Waals surface area contributed by atoms with Crippen LogP contribution in [0, 0.1) is 5.92 Å². The van der Waals surface area contributed by atoms with Crippen LogP contribution in [0.4, 0.5) is 0 Å². The maximum Gasteiger partial charge on any atom is 0.309 e. The molecular weight excluding hydrogens is 240 g/mol. The van der Waals surface area contributed by atoms with Gasteiger partial charge in [-0.25, -0.2) is 0 Å². The Hall–Kier alpha value is -2.13. The largest absolute Gasteiger partial charge is 0.481 e. The van der Waals surface area contributed by atoms with Crippen molar-refractivity contribution in [3.63, 3.8) is 0 Å². The van der Waals surface area contributed by atoms with E-state index in [-0.39, 0.29) is 12.5 Å². The van der Waals surface area contributed by atoms with Gasteiger partial charge < -0.3 is 10.2 Å². The third-order valence-corrected chi connectivity index (χ3v) is 3.23. The van der Waals surface area contributed by atoms with Crippen molar-refractivity contribution in [1.82, 2.24) is 0 Å². The smallest absolute Gasteiger partial charge is 0.309 e. The van der Waals surface area contributed by atoms with Crippen molar-refractivity contribution >= 4 is 5.97 Å². The van der Waals surface area contributed by atoms with Gasteiger partial charge in [0.05, 0.1) is 12.5 Å². The molecule has 3 nitrogen and oxygen atoms in total. The third-order valence-electron chi connectivity index (χ3n) is 3.23. The lowest BCUT2D eigenvalue weighted by Gasteiger charge is -2.23. The van der Waals surface area contributed by atoms with E-state index in [0.29, 0.717) is 0 Å². The second-order valence-corrected chi connectivity index (χ2v) is 4.43. The SMILES string of the molecule is O=C(O)[C@@H](CO)C(c1ccccc1)c1ccccc1. The number of carboxylic acids is 1. The summed E-state index contributed by atoms with van der Waals surface area (Å²) in [5, 5.41) is 18.7. The van der Waals surface area contributed by atoms with Gasteiger partial charge in [-0.05, 0) is 11.1 Å². The molecule has 1 atom stereocenters. The first-order valence-corrected chi connectivity index (χ1v) is 6.17. The molecule has 0 amide bonds. The van der Waals surface area contributed by atoms with E-state index in [4.69, 9.17) is 0 Å². The first-order chi connectivity index (χ1) is 9.24. The van der Waals surface area contributed by atoms with E-state index in [1.807, 2.05) is 60.7 Å². The Morgan fingerprint density at radius 3 is 1.63 bits per heavy atom. The summed E-state index contributed by atoms with van der Waals surface area (Å²) in [5.41, 5.74) is 1.80. The maximum atomic E-state index is 11.4. The van der Waals surface area contributed by atoms with Crippen molar-refractivity contribution in [2.45, 2.75) is 5.92 Å². The molecule has 2 aromatic carbocycles. The number of aliphatic carboxylic acids is 1. The first-order valence-electron chi connectivity index (χ1n) is 6.17. The molecule has 19 heavy (non-hydrogen) atoms. The highest BCUT2D eigenvalue weighted by molar-refractivity contribution is 5.72. The van der Waals surface area contributed by atoms with Crippen LogP contribution in [0.5, 0.6) is 0 Å². The minimum absolute atomic E-state index is 0.343. The second-order valence-electron chi connectivity index (χ2n) is 4.43. The molecule has 2 rings (SSSR count).